The normalized spacial score (nSPS) is 19.5. The molecule has 2 fully saturated rings. The SMILES string of the molecule is CONC(=O)Cn1cc(CN(C(=O)C2CNCCO2)C2CC2)c2ccccc21. The van der Waals surface area contributed by atoms with Gasteiger partial charge in [0.15, 0.2) is 0 Å². The predicted octanol–water partition coefficient (Wildman–Crippen LogP) is 0.798. The van der Waals surface area contributed by atoms with Gasteiger partial charge in [0.1, 0.15) is 12.6 Å². The number of benzene rings is 1. The Hall–Kier alpha value is -2.42. The van der Waals surface area contributed by atoms with Crippen LogP contribution in [-0.2, 0) is 32.3 Å². The molecule has 1 saturated heterocycles. The maximum absolute atomic E-state index is 13.1. The zero-order valence-electron chi connectivity index (χ0n) is 16.0. The van der Waals surface area contributed by atoms with E-state index in [-0.39, 0.29) is 24.4 Å². The first-order valence-corrected chi connectivity index (χ1v) is 9.68. The zero-order valence-corrected chi connectivity index (χ0v) is 16.0. The van der Waals surface area contributed by atoms with E-state index in [0.717, 1.165) is 35.9 Å². The van der Waals surface area contributed by atoms with Crippen LogP contribution in [0.25, 0.3) is 10.9 Å². The smallest absolute Gasteiger partial charge is 0.263 e. The summed E-state index contributed by atoms with van der Waals surface area (Å²) >= 11 is 0. The van der Waals surface area contributed by atoms with Gasteiger partial charge in [-0.05, 0) is 24.5 Å². The molecular formula is C20H26N4O4. The number of hydrogen-bond donors (Lipinski definition) is 2. The van der Waals surface area contributed by atoms with Crippen molar-refractivity contribution in [2.45, 2.75) is 38.1 Å². The lowest BCUT2D eigenvalue weighted by molar-refractivity contribution is -0.146. The molecule has 2 aliphatic rings. The van der Waals surface area contributed by atoms with Crippen molar-refractivity contribution in [3.05, 3.63) is 36.0 Å². The van der Waals surface area contributed by atoms with Crippen LogP contribution in [0.5, 0.6) is 0 Å². The second kappa shape index (κ2) is 8.30. The van der Waals surface area contributed by atoms with Crippen LogP contribution in [0.15, 0.2) is 30.5 Å². The Bertz CT molecular complexity index is 855. The monoisotopic (exact) mass is 386 g/mol. The molecule has 2 aromatic rings. The largest absolute Gasteiger partial charge is 0.366 e. The predicted molar refractivity (Wildman–Crippen MR) is 103 cm³/mol. The third-order valence-corrected chi connectivity index (χ3v) is 5.22. The third-order valence-electron chi connectivity index (χ3n) is 5.22. The number of morpholine rings is 1. The van der Waals surface area contributed by atoms with Crippen molar-refractivity contribution in [3.8, 4) is 0 Å². The number of nitrogens with one attached hydrogen (secondary N) is 2. The van der Waals surface area contributed by atoms with E-state index < -0.39 is 6.10 Å². The van der Waals surface area contributed by atoms with E-state index in [4.69, 9.17) is 9.57 Å². The second-order valence-electron chi connectivity index (χ2n) is 7.29. The van der Waals surface area contributed by atoms with Crippen LogP contribution in [0, 0.1) is 0 Å². The Kier molecular flexibility index (Phi) is 5.61. The summed E-state index contributed by atoms with van der Waals surface area (Å²) in [5.41, 5.74) is 4.34. The van der Waals surface area contributed by atoms with E-state index in [1.807, 2.05) is 39.9 Å². The lowest BCUT2D eigenvalue weighted by Gasteiger charge is -2.30. The quantitative estimate of drug-likeness (QED) is 0.688. The first kappa shape index (κ1) is 18.9. The standard InChI is InChI=1S/C20H26N4O4/c1-27-22-19(25)13-23-11-14(16-4-2-3-5-17(16)23)12-24(15-6-7-15)20(26)18-10-21-8-9-28-18/h2-5,11,15,18,21H,6-10,12-13H2,1H3,(H,22,25). The Balaban J connectivity index is 1.58. The minimum Gasteiger partial charge on any atom is -0.366 e. The molecule has 2 amide bonds. The fraction of sp³-hybridized carbons (Fsp3) is 0.500. The summed E-state index contributed by atoms with van der Waals surface area (Å²) in [4.78, 5) is 31.7. The molecule has 4 rings (SSSR count). The molecule has 28 heavy (non-hydrogen) atoms. The second-order valence-corrected chi connectivity index (χ2v) is 7.29. The van der Waals surface area contributed by atoms with Crippen LogP contribution in [-0.4, -0.2) is 60.2 Å². The average Bonchev–Trinajstić information content (AvgIpc) is 3.50. The van der Waals surface area contributed by atoms with Crippen molar-refractivity contribution < 1.29 is 19.2 Å². The van der Waals surface area contributed by atoms with Crippen LogP contribution >= 0.6 is 0 Å². The number of para-hydroxylation sites is 1. The lowest BCUT2D eigenvalue weighted by atomic mass is 10.1. The topological polar surface area (TPSA) is 84.8 Å². The molecule has 1 aliphatic carbocycles. The summed E-state index contributed by atoms with van der Waals surface area (Å²) in [6.45, 7) is 2.57. The fourth-order valence-electron chi connectivity index (χ4n) is 3.75. The van der Waals surface area contributed by atoms with Gasteiger partial charge in [-0.1, -0.05) is 18.2 Å². The number of ether oxygens (including phenoxy) is 1. The van der Waals surface area contributed by atoms with Gasteiger partial charge in [0.05, 0.1) is 13.7 Å². The molecule has 0 spiro atoms. The van der Waals surface area contributed by atoms with Crippen LogP contribution in [0.4, 0.5) is 0 Å². The molecule has 0 bridgehead atoms. The van der Waals surface area contributed by atoms with Crippen LogP contribution < -0.4 is 10.8 Å². The van der Waals surface area contributed by atoms with E-state index in [0.29, 0.717) is 19.7 Å². The summed E-state index contributed by atoms with van der Waals surface area (Å²) in [5.74, 6) is -0.185. The Morgan fingerprint density at radius 2 is 2.18 bits per heavy atom. The molecule has 1 saturated carbocycles. The molecule has 1 atom stereocenters. The lowest BCUT2D eigenvalue weighted by Crippen LogP contribution is -2.49. The number of aromatic nitrogens is 1. The van der Waals surface area contributed by atoms with Gasteiger partial charge in [-0.3, -0.25) is 14.4 Å². The number of carbonyl (C=O) groups excluding carboxylic acids is 2. The van der Waals surface area contributed by atoms with Gasteiger partial charge in [0, 0.05) is 42.8 Å². The number of nitrogens with zero attached hydrogens (tertiary/aromatic N) is 2. The number of carbonyl (C=O) groups is 2. The van der Waals surface area contributed by atoms with Crippen LogP contribution in [0.3, 0.4) is 0 Å². The zero-order chi connectivity index (χ0) is 19.5. The first-order valence-electron chi connectivity index (χ1n) is 9.68. The van der Waals surface area contributed by atoms with E-state index in [9.17, 15) is 9.59 Å². The summed E-state index contributed by atoms with van der Waals surface area (Å²) < 4.78 is 7.58. The van der Waals surface area contributed by atoms with Crippen LogP contribution in [0.2, 0.25) is 0 Å². The molecule has 1 aromatic heterocycles. The molecular weight excluding hydrogens is 360 g/mol. The van der Waals surface area contributed by atoms with Gasteiger partial charge >= 0.3 is 0 Å². The summed E-state index contributed by atoms with van der Waals surface area (Å²) in [6.07, 6.45) is 3.60. The van der Waals surface area contributed by atoms with Gasteiger partial charge in [0.25, 0.3) is 11.8 Å². The summed E-state index contributed by atoms with van der Waals surface area (Å²) in [6, 6.07) is 8.21. The maximum atomic E-state index is 13.1. The van der Waals surface area contributed by atoms with Crippen molar-refractivity contribution in [1.82, 2.24) is 20.3 Å². The molecule has 0 radical (unpaired) electrons. The third kappa shape index (κ3) is 4.04. The maximum Gasteiger partial charge on any atom is 0.263 e. The van der Waals surface area contributed by atoms with Crippen molar-refractivity contribution in [3.63, 3.8) is 0 Å². The average molecular weight is 386 g/mol. The minimum atomic E-state index is -0.421. The van der Waals surface area contributed by atoms with Gasteiger partial charge in [0.2, 0.25) is 0 Å². The molecule has 150 valence electrons. The fourth-order valence-corrected chi connectivity index (χ4v) is 3.75. The van der Waals surface area contributed by atoms with Crippen molar-refractivity contribution >= 4 is 22.7 Å². The molecule has 8 nitrogen and oxygen atoms in total. The summed E-state index contributed by atoms with van der Waals surface area (Å²) in [5, 5.41) is 4.28. The van der Waals surface area contributed by atoms with Crippen molar-refractivity contribution in [1.29, 1.82) is 0 Å². The minimum absolute atomic E-state index is 0.0451. The molecule has 2 heterocycles. The number of hydrogen-bond acceptors (Lipinski definition) is 5. The molecule has 2 N–H and O–H groups in total. The highest BCUT2D eigenvalue weighted by Crippen LogP contribution is 2.31. The van der Waals surface area contributed by atoms with E-state index in [2.05, 4.69) is 10.8 Å². The van der Waals surface area contributed by atoms with E-state index in [1.165, 1.54) is 7.11 Å². The Labute approximate surface area is 163 Å². The van der Waals surface area contributed by atoms with Crippen molar-refractivity contribution in [2.75, 3.05) is 26.8 Å². The Morgan fingerprint density at radius 1 is 1.36 bits per heavy atom. The molecule has 1 aliphatic heterocycles. The highest BCUT2D eigenvalue weighted by atomic mass is 16.6. The highest BCUT2D eigenvalue weighted by molar-refractivity contribution is 5.87. The number of hydroxylamine groups is 1. The van der Waals surface area contributed by atoms with Gasteiger partial charge in [-0.25, -0.2) is 5.48 Å². The number of fused-ring (bicyclic) bond motifs is 1. The highest BCUT2D eigenvalue weighted by Gasteiger charge is 2.37. The first-order chi connectivity index (χ1) is 13.7. The number of rotatable bonds is 7. The van der Waals surface area contributed by atoms with Gasteiger partial charge in [-0.15, -0.1) is 0 Å². The molecule has 8 heteroatoms. The van der Waals surface area contributed by atoms with E-state index in [1.54, 1.807) is 0 Å². The van der Waals surface area contributed by atoms with Crippen LogP contribution in [0.1, 0.15) is 18.4 Å². The molecule has 1 aromatic carbocycles. The van der Waals surface area contributed by atoms with Crippen molar-refractivity contribution in [2.24, 2.45) is 0 Å². The van der Waals surface area contributed by atoms with E-state index >= 15 is 0 Å². The van der Waals surface area contributed by atoms with Gasteiger partial charge in [-0.2, -0.15) is 0 Å². The Morgan fingerprint density at radius 3 is 2.89 bits per heavy atom. The van der Waals surface area contributed by atoms with Gasteiger partial charge < -0.3 is 19.5 Å². The summed E-state index contributed by atoms with van der Waals surface area (Å²) in [7, 11) is 1.42. The molecule has 1 unspecified atom stereocenters. The number of amides is 2.